The monoisotopic (exact) mass is 351 g/mol. The third-order valence-corrected chi connectivity index (χ3v) is 6.05. The molecule has 1 aromatic heterocycles. The van der Waals surface area contributed by atoms with Gasteiger partial charge in [-0.25, -0.2) is 4.98 Å². The maximum Gasteiger partial charge on any atom is 0.303 e. The number of unbranched alkanes of at least 4 members (excludes halogenated alkanes) is 7. The molecule has 0 aliphatic heterocycles. The number of rotatable bonds is 12. The number of carboxylic acids is 1. The van der Waals surface area contributed by atoms with E-state index in [1.165, 1.54) is 47.6 Å². The number of carbonyl (C=O) groups is 1. The average molecular weight is 352 g/mol. The molecular weight excluding hydrogens is 326 g/mol. The fraction of sp³-hybridized carbons (Fsp3) is 0.556. The summed E-state index contributed by atoms with van der Waals surface area (Å²) < 4.78 is 2.46. The number of benzene rings is 1. The number of thiazole rings is 1. The number of para-hydroxylation sites is 1. The molecule has 1 heterocycles. The molecule has 1 N–H and O–H groups in total. The van der Waals surface area contributed by atoms with Crippen LogP contribution in [0.5, 0.6) is 0 Å². The van der Waals surface area contributed by atoms with E-state index in [1.807, 2.05) is 17.8 Å². The molecular formula is C18H25NO2S2. The van der Waals surface area contributed by atoms with Crippen molar-refractivity contribution in [2.75, 3.05) is 5.75 Å². The van der Waals surface area contributed by atoms with Gasteiger partial charge in [0, 0.05) is 12.2 Å². The Labute approximate surface area is 146 Å². The maximum atomic E-state index is 10.4. The third-order valence-electron chi connectivity index (χ3n) is 3.78. The van der Waals surface area contributed by atoms with Gasteiger partial charge in [-0.05, 0) is 25.0 Å². The smallest absolute Gasteiger partial charge is 0.303 e. The second-order valence-corrected chi connectivity index (χ2v) is 8.14. The van der Waals surface area contributed by atoms with Crippen molar-refractivity contribution in [3.63, 3.8) is 0 Å². The molecule has 0 amide bonds. The number of aromatic nitrogens is 1. The first kappa shape index (κ1) is 18.3. The maximum absolute atomic E-state index is 10.4. The normalized spacial score (nSPS) is 11.1. The van der Waals surface area contributed by atoms with E-state index >= 15 is 0 Å². The molecule has 0 spiro atoms. The van der Waals surface area contributed by atoms with Crippen molar-refractivity contribution < 1.29 is 9.90 Å². The lowest BCUT2D eigenvalue weighted by atomic mass is 10.1. The second kappa shape index (κ2) is 10.7. The van der Waals surface area contributed by atoms with Crippen LogP contribution in [0, 0.1) is 0 Å². The van der Waals surface area contributed by atoms with Gasteiger partial charge in [0.25, 0.3) is 0 Å². The standard InChI is InChI=1S/C18H25NO2S2/c20-17(21)13-7-5-3-1-2-4-6-10-14-22-18-19-15-11-8-9-12-16(15)23-18/h8-9,11-12H,1-7,10,13-14H2,(H,20,21). The van der Waals surface area contributed by atoms with Gasteiger partial charge in [0.1, 0.15) is 0 Å². The summed E-state index contributed by atoms with van der Waals surface area (Å²) in [5, 5.41) is 8.55. The molecule has 0 bridgehead atoms. The first-order chi connectivity index (χ1) is 11.3. The predicted molar refractivity (Wildman–Crippen MR) is 99.5 cm³/mol. The van der Waals surface area contributed by atoms with E-state index in [0.29, 0.717) is 6.42 Å². The third kappa shape index (κ3) is 7.36. The van der Waals surface area contributed by atoms with Crippen LogP contribution >= 0.6 is 23.1 Å². The number of aliphatic carboxylic acids is 1. The zero-order valence-electron chi connectivity index (χ0n) is 13.5. The first-order valence-corrected chi connectivity index (χ1v) is 10.3. The molecule has 0 unspecified atom stereocenters. The Hall–Kier alpha value is -1.07. The van der Waals surface area contributed by atoms with Crippen LogP contribution < -0.4 is 0 Å². The van der Waals surface area contributed by atoms with E-state index in [-0.39, 0.29) is 0 Å². The highest BCUT2D eigenvalue weighted by atomic mass is 32.2. The number of hydrogen-bond acceptors (Lipinski definition) is 4. The van der Waals surface area contributed by atoms with Crippen molar-refractivity contribution in [1.82, 2.24) is 4.98 Å². The highest BCUT2D eigenvalue weighted by Crippen LogP contribution is 2.29. The fourth-order valence-electron chi connectivity index (χ4n) is 2.51. The zero-order chi connectivity index (χ0) is 16.3. The minimum atomic E-state index is -0.671. The largest absolute Gasteiger partial charge is 0.481 e. The zero-order valence-corrected chi connectivity index (χ0v) is 15.1. The highest BCUT2D eigenvalue weighted by Gasteiger charge is 2.03. The Morgan fingerprint density at radius 1 is 1.00 bits per heavy atom. The van der Waals surface area contributed by atoms with E-state index < -0.39 is 5.97 Å². The summed E-state index contributed by atoms with van der Waals surface area (Å²) in [6, 6.07) is 8.31. The Bertz CT molecular complexity index is 564. The minimum absolute atomic E-state index is 0.322. The van der Waals surface area contributed by atoms with Crippen molar-refractivity contribution >= 4 is 39.3 Å². The van der Waals surface area contributed by atoms with Gasteiger partial charge >= 0.3 is 5.97 Å². The summed E-state index contributed by atoms with van der Waals surface area (Å²) in [5.41, 5.74) is 1.11. The van der Waals surface area contributed by atoms with Crippen molar-refractivity contribution in [2.24, 2.45) is 0 Å². The summed E-state index contributed by atoms with van der Waals surface area (Å²) in [4.78, 5) is 15.0. The van der Waals surface area contributed by atoms with Crippen LogP contribution in [0.15, 0.2) is 28.6 Å². The quantitative estimate of drug-likeness (QED) is 0.377. The molecule has 0 atom stereocenters. The van der Waals surface area contributed by atoms with Crippen molar-refractivity contribution in [3.8, 4) is 0 Å². The lowest BCUT2D eigenvalue weighted by molar-refractivity contribution is -0.137. The molecule has 5 heteroatoms. The fourth-order valence-corrected chi connectivity index (χ4v) is 4.65. The SMILES string of the molecule is O=C(O)CCCCCCCCCCSc1nc2ccccc2s1. The molecule has 0 saturated carbocycles. The lowest BCUT2D eigenvalue weighted by Gasteiger charge is -2.01. The van der Waals surface area contributed by atoms with Crippen LogP contribution in [0.25, 0.3) is 10.2 Å². The van der Waals surface area contributed by atoms with Crippen LogP contribution in [0.2, 0.25) is 0 Å². The Kier molecular flexibility index (Phi) is 8.47. The topological polar surface area (TPSA) is 50.2 Å². The van der Waals surface area contributed by atoms with Gasteiger partial charge in [-0.1, -0.05) is 62.4 Å². The summed E-state index contributed by atoms with van der Waals surface area (Å²) in [7, 11) is 0. The molecule has 0 radical (unpaired) electrons. The van der Waals surface area contributed by atoms with Gasteiger partial charge in [0.15, 0.2) is 4.34 Å². The Morgan fingerprint density at radius 3 is 2.35 bits per heavy atom. The highest BCUT2D eigenvalue weighted by molar-refractivity contribution is 8.01. The molecule has 3 nitrogen and oxygen atoms in total. The summed E-state index contributed by atoms with van der Waals surface area (Å²) in [6.45, 7) is 0. The molecule has 0 aliphatic rings. The van der Waals surface area contributed by atoms with Crippen LogP contribution in [0.3, 0.4) is 0 Å². The molecule has 0 aliphatic carbocycles. The van der Waals surface area contributed by atoms with Gasteiger partial charge in [-0.15, -0.1) is 11.3 Å². The first-order valence-electron chi connectivity index (χ1n) is 8.46. The van der Waals surface area contributed by atoms with Gasteiger partial charge in [-0.3, -0.25) is 4.79 Å². The Morgan fingerprint density at radius 2 is 1.65 bits per heavy atom. The van der Waals surface area contributed by atoms with Crippen molar-refractivity contribution in [1.29, 1.82) is 0 Å². The lowest BCUT2D eigenvalue weighted by Crippen LogP contribution is -1.93. The number of carboxylic acid groups (broad SMARTS) is 1. The number of thioether (sulfide) groups is 1. The Balaban J connectivity index is 1.44. The molecule has 0 fully saturated rings. The van der Waals surface area contributed by atoms with Crippen LogP contribution in [0.4, 0.5) is 0 Å². The predicted octanol–water partition coefficient (Wildman–Crippen LogP) is 5.98. The van der Waals surface area contributed by atoms with Gasteiger partial charge in [-0.2, -0.15) is 0 Å². The molecule has 23 heavy (non-hydrogen) atoms. The average Bonchev–Trinajstić information content (AvgIpc) is 2.95. The van der Waals surface area contributed by atoms with E-state index in [4.69, 9.17) is 5.11 Å². The molecule has 2 aromatic rings. The number of hydrogen-bond donors (Lipinski definition) is 1. The molecule has 1 aromatic carbocycles. The van der Waals surface area contributed by atoms with Crippen molar-refractivity contribution in [3.05, 3.63) is 24.3 Å². The molecule has 2 rings (SSSR count). The van der Waals surface area contributed by atoms with E-state index in [1.54, 1.807) is 11.3 Å². The van der Waals surface area contributed by atoms with Crippen molar-refractivity contribution in [2.45, 2.75) is 62.1 Å². The molecule has 0 saturated heterocycles. The van der Waals surface area contributed by atoms with Crippen LogP contribution in [-0.2, 0) is 4.79 Å². The van der Waals surface area contributed by atoms with Gasteiger partial charge < -0.3 is 5.11 Å². The van der Waals surface area contributed by atoms with E-state index in [9.17, 15) is 4.79 Å². The summed E-state index contributed by atoms with van der Waals surface area (Å²) in [5.74, 6) is 0.481. The minimum Gasteiger partial charge on any atom is -0.481 e. The summed E-state index contributed by atoms with van der Waals surface area (Å²) >= 11 is 3.66. The van der Waals surface area contributed by atoms with Gasteiger partial charge in [0.2, 0.25) is 0 Å². The summed E-state index contributed by atoms with van der Waals surface area (Å²) in [6.07, 6.45) is 9.72. The van der Waals surface area contributed by atoms with Gasteiger partial charge in [0.05, 0.1) is 10.2 Å². The van der Waals surface area contributed by atoms with Crippen LogP contribution in [-0.4, -0.2) is 21.8 Å². The second-order valence-electron chi connectivity index (χ2n) is 5.77. The van der Waals surface area contributed by atoms with E-state index in [0.717, 1.165) is 24.1 Å². The number of fused-ring (bicyclic) bond motifs is 1. The van der Waals surface area contributed by atoms with E-state index in [2.05, 4.69) is 23.2 Å². The number of nitrogens with zero attached hydrogens (tertiary/aromatic N) is 1. The molecule has 126 valence electrons. The van der Waals surface area contributed by atoms with Crippen LogP contribution in [0.1, 0.15) is 57.8 Å².